The number of hydrogen-bond acceptors (Lipinski definition) is 2. The van der Waals surface area contributed by atoms with E-state index in [1.165, 1.54) is 0 Å². The molecule has 1 aromatic heterocycles. The minimum Gasteiger partial charge on any atom is -0.356 e. The first-order valence-electron chi connectivity index (χ1n) is 9.02. The van der Waals surface area contributed by atoms with Gasteiger partial charge in [0.05, 0.1) is 17.5 Å². The molecule has 0 atom stereocenters. The van der Waals surface area contributed by atoms with Crippen LogP contribution in [0, 0.1) is 0 Å². The average molecular weight is 347 g/mol. The highest BCUT2D eigenvalue weighted by atomic mass is 16.1. The van der Waals surface area contributed by atoms with E-state index < -0.39 is 0 Å². The maximum atomic E-state index is 12.0. The van der Waals surface area contributed by atoms with Crippen molar-refractivity contribution in [1.29, 1.82) is 0 Å². The molecule has 0 radical (unpaired) electrons. The van der Waals surface area contributed by atoms with Gasteiger partial charge in [0.1, 0.15) is 5.82 Å². The van der Waals surface area contributed by atoms with Crippen molar-refractivity contribution in [2.24, 2.45) is 0 Å². The van der Waals surface area contributed by atoms with Crippen LogP contribution >= 0.6 is 0 Å². The summed E-state index contributed by atoms with van der Waals surface area (Å²) in [5, 5.41) is 3.00. The second-order valence-corrected chi connectivity index (χ2v) is 6.68. The molecular weight excluding hydrogens is 322 g/mol. The Morgan fingerprint density at radius 3 is 2.62 bits per heavy atom. The SMILES string of the molecule is C=C(C)Cn1c(CCCNC(=O)Cc2ccccc2)nc2ccccc21. The number of aromatic nitrogens is 2. The number of allylic oxidation sites excluding steroid dienone is 1. The Balaban J connectivity index is 1.56. The van der Waals surface area contributed by atoms with Gasteiger partial charge in [-0.25, -0.2) is 4.98 Å². The fourth-order valence-electron chi connectivity index (χ4n) is 3.08. The van der Waals surface area contributed by atoms with Crippen molar-refractivity contribution in [2.75, 3.05) is 6.54 Å². The lowest BCUT2D eigenvalue weighted by molar-refractivity contribution is -0.120. The molecule has 1 heterocycles. The molecule has 0 fully saturated rings. The fraction of sp³-hybridized carbons (Fsp3) is 0.273. The van der Waals surface area contributed by atoms with E-state index in [1.807, 2.05) is 55.5 Å². The van der Waals surface area contributed by atoms with E-state index in [0.717, 1.165) is 47.4 Å². The summed E-state index contributed by atoms with van der Waals surface area (Å²) in [5.74, 6) is 1.11. The Bertz CT molecular complexity index is 896. The summed E-state index contributed by atoms with van der Waals surface area (Å²) in [7, 11) is 0. The molecule has 1 amide bonds. The van der Waals surface area contributed by atoms with Crippen molar-refractivity contribution in [3.05, 3.63) is 78.1 Å². The van der Waals surface area contributed by atoms with Gasteiger partial charge < -0.3 is 9.88 Å². The van der Waals surface area contributed by atoms with Crippen molar-refractivity contribution in [2.45, 2.75) is 32.7 Å². The maximum absolute atomic E-state index is 12.0. The van der Waals surface area contributed by atoms with Gasteiger partial charge in [-0.15, -0.1) is 0 Å². The van der Waals surface area contributed by atoms with E-state index in [9.17, 15) is 4.79 Å². The first-order valence-corrected chi connectivity index (χ1v) is 9.02. The van der Waals surface area contributed by atoms with Crippen molar-refractivity contribution >= 4 is 16.9 Å². The highest BCUT2D eigenvalue weighted by Gasteiger charge is 2.10. The lowest BCUT2D eigenvalue weighted by Gasteiger charge is -2.09. The lowest BCUT2D eigenvalue weighted by Crippen LogP contribution is -2.26. The number of carbonyl (C=O) groups is 1. The van der Waals surface area contributed by atoms with E-state index in [4.69, 9.17) is 4.98 Å². The molecule has 3 aromatic rings. The Kier molecular flexibility index (Phi) is 5.84. The molecule has 0 saturated heterocycles. The molecule has 0 unspecified atom stereocenters. The number of nitrogens with zero attached hydrogens (tertiary/aromatic N) is 2. The van der Waals surface area contributed by atoms with Crippen molar-refractivity contribution < 1.29 is 4.79 Å². The first kappa shape index (κ1) is 17.9. The highest BCUT2D eigenvalue weighted by molar-refractivity contribution is 5.78. The third-order valence-corrected chi connectivity index (χ3v) is 4.27. The summed E-state index contributed by atoms with van der Waals surface area (Å²) in [6.07, 6.45) is 2.11. The Hall–Kier alpha value is -2.88. The number of imidazole rings is 1. The number of nitrogens with one attached hydrogen (secondary N) is 1. The molecular formula is C22H25N3O. The number of amides is 1. The van der Waals surface area contributed by atoms with Crippen molar-refractivity contribution in [1.82, 2.24) is 14.9 Å². The molecule has 134 valence electrons. The van der Waals surface area contributed by atoms with Gasteiger partial charge in [0.25, 0.3) is 0 Å². The van der Waals surface area contributed by atoms with Crippen LogP contribution in [0.15, 0.2) is 66.7 Å². The molecule has 4 nitrogen and oxygen atoms in total. The molecule has 0 aliphatic rings. The van der Waals surface area contributed by atoms with E-state index in [2.05, 4.69) is 22.5 Å². The van der Waals surface area contributed by atoms with E-state index in [-0.39, 0.29) is 5.91 Å². The van der Waals surface area contributed by atoms with Crippen molar-refractivity contribution in [3.8, 4) is 0 Å². The zero-order valence-electron chi connectivity index (χ0n) is 15.2. The molecule has 1 N–H and O–H groups in total. The lowest BCUT2D eigenvalue weighted by atomic mass is 10.1. The highest BCUT2D eigenvalue weighted by Crippen LogP contribution is 2.18. The quantitative estimate of drug-likeness (QED) is 0.496. The van der Waals surface area contributed by atoms with Gasteiger partial charge in [0.2, 0.25) is 5.91 Å². The Morgan fingerprint density at radius 1 is 1.12 bits per heavy atom. The number of hydrogen-bond donors (Lipinski definition) is 1. The van der Waals surface area contributed by atoms with Gasteiger partial charge in [0, 0.05) is 19.5 Å². The minimum atomic E-state index is 0.0617. The second kappa shape index (κ2) is 8.48. The molecule has 0 aliphatic carbocycles. The third kappa shape index (κ3) is 4.60. The van der Waals surface area contributed by atoms with Gasteiger partial charge in [-0.3, -0.25) is 4.79 Å². The van der Waals surface area contributed by atoms with Crippen molar-refractivity contribution in [3.63, 3.8) is 0 Å². The molecule has 4 heteroatoms. The van der Waals surface area contributed by atoms with Gasteiger partial charge in [0.15, 0.2) is 0 Å². The Morgan fingerprint density at radius 2 is 1.85 bits per heavy atom. The van der Waals surface area contributed by atoms with E-state index in [0.29, 0.717) is 13.0 Å². The molecule has 26 heavy (non-hydrogen) atoms. The Labute approximate surface area is 154 Å². The molecule has 0 bridgehead atoms. The number of aryl methyl sites for hydroxylation is 1. The summed E-state index contributed by atoms with van der Waals surface area (Å²) < 4.78 is 2.23. The number of rotatable bonds is 8. The van der Waals surface area contributed by atoms with Gasteiger partial charge in [-0.2, -0.15) is 0 Å². The van der Waals surface area contributed by atoms with Gasteiger partial charge in [-0.05, 0) is 31.0 Å². The van der Waals surface area contributed by atoms with Crippen LogP contribution in [0.3, 0.4) is 0 Å². The van der Waals surface area contributed by atoms with Crippen LogP contribution in [0.25, 0.3) is 11.0 Å². The van der Waals surface area contributed by atoms with E-state index >= 15 is 0 Å². The molecule has 3 rings (SSSR count). The largest absolute Gasteiger partial charge is 0.356 e. The fourth-order valence-corrected chi connectivity index (χ4v) is 3.08. The predicted octanol–water partition coefficient (Wildman–Crippen LogP) is 3.90. The minimum absolute atomic E-state index is 0.0617. The smallest absolute Gasteiger partial charge is 0.224 e. The zero-order chi connectivity index (χ0) is 18.4. The number of fused-ring (bicyclic) bond motifs is 1. The van der Waals surface area contributed by atoms with Gasteiger partial charge >= 0.3 is 0 Å². The van der Waals surface area contributed by atoms with Gasteiger partial charge in [-0.1, -0.05) is 54.6 Å². The molecule has 2 aromatic carbocycles. The summed E-state index contributed by atoms with van der Waals surface area (Å²) in [4.78, 5) is 16.8. The third-order valence-electron chi connectivity index (χ3n) is 4.27. The summed E-state index contributed by atoms with van der Waals surface area (Å²) in [6.45, 7) is 7.49. The van der Waals surface area contributed by atoms with Crippen LogP contribution in [0.1, 0.15) is 24.7 Å². The molecule has 0 saturated carbocycles. The zero-order valence-corrected chi connectivity index (χ0v) is 15.2. The van der Waals surface area contributed by atoms with Crippen LogP contribution in [-0.4, -0.2) is 22.0 Å². The normalized spacial score (nSPS) is 10.8. The average Bonchev–Trinajstić information content (AvgIpc) is 2.97. The molecule has 0 aliphatic heterocycles. The molecule has 0 spiro atoms. The van der Waals surface area contributed by atoms with Crippen LogP contribution in [0.2, 0.25) is 0 Å². The standard InChI is InChI=1S/C22H25N3O/c1-17(2)16-25-20-12-7-6-11-19(20)24-21(25)13-8-14-23-22(26)15-18-9-4-3-5-10-18/h3-7,9-12H,1,8,13-16H2,2H3,(H,23,26). The number of benzene rings is 2. The summed E-state index contributed by atoms with van der Waals surface area (Å²) in [5.41, 5.74) is 4.29. The van der Waals surface area contributed by atoms with Crippen LogP contribution < -0.4 is 5.32 Å². The first-order chi connectivity index (χ1) is 12.6. The maximum Gasteiger partial charge on any atom is 0.224 e. The number of carbonyl (C=O) groups excluding carboxylic acids is 1. The van der Waals surface area contributed by atoms with Crippen LogP contribution in [0.4, 0.5) is 0 Å². The second-order valence-electron chi connectivity index (χ2n) is 6.68. The number of para-hydroxylation sites is 2. The summed E-state index contributed by atoms with van der Waals surface area (Å²) in [6, 6.07) is 18.0. The topological polar surface area (TPSA) is 46.9 Å². The predicted molar refractivity (Wildman–Crippen MR) is 106 cm³/mol. The van der Waals surface area contributed by atoms with Crippen LogP contribution in [0.5, 0.6) is 0 Å². The van der Waals surface area contributed by atoms with E-state index in [1.54, 1.807) is 0 Å². The summed E-state index contributed by atoms with van der Waals surface area (Å²) >= 11 is 0. The van der Waals surface area contributed by atoms with Crippen LogP contribution in [-0.2, 0) is 24.2 Å². The monoisotopic (exact) mass is 347 g/mol.